The van der Waals surface area contributed by atoms with Crippen molar-refractivity contribution in [3.8, 4) is 0 Å². The number of nitrogens with zero attached hydrogens (tertiary/aromatic N) is 1. The maximum Gasteiger partial charge on any atom is 0.272 e. The molecular weight excluding hydrogens is 294 g/mol. The van der Waals surface area contributed by atoms with Gasteiger partial charge in [0.2, 0.25) is 5.91 Å². The zero-order valence-corrected chi connectivity index (χ0v) is 13.8. The van der Waals surface area contributed by atoms with E-state index in [-0.39, 0.29) is 11.6 Å². The summed E-state index contributed by atoms with van der Waals surface area (Å²) in [7, 11) is 0. The number of amides is 1. The van der Waals surface area contributed by atoms with Gasteiger partial charge < -0.3 is 10.6 Å². The summed E-state index contributed by atoms with van der Waals surface area (Å²) in [5.41, 5.74) is 1.50. The van der Waals surface area contributed by atoms with Gasteiger partial charge in [0.25, 0.3) is 5.69 Å². The molecule has 2 N–H and O–H groups in total. The van der Waals surface area contributed by atoms with Crippen molar-refractivity contribution in [2.75, 3.05) is 13.1 Å². The number of rotatable bonds is 6. The number of carbonyl (C=O) groups excluding carboxylic acids is 1. The minimum Gasteiger partial charge on any atom is -0.352 e. The second-order valence-corrected chi connectivity index (χ2v) is 6.38. The highest BCUT2D eigenvalue weighted by molar-refractivity contribution is 5.76. The van der Waals surface area contributed by atoms with Crippen LogP contribution < -0.4 is 10.6 Å². The molecule has 2 atom stereocenters. The van der Waals surface area contributed by atoms with Crippen molar-refractivity contribution in [1.82, 2.24) is 10.6 Å². The van der Waals surface area contributed by atoms with Gasteiger partial charge in [-0.25, -0.2) is 0 Å². The lowest BCUT2D eigenvalue weighted by Gasteiger charge is -2.28. The molecule has 23 heavy (non-hydrogen) atoms. The van der Waals surface area contributed by atoms with E-state index in [1.165, 1.54) is 18.9 Å². The van der Waals surface area contributed by atoms with Crippen LogP contribution in [0.3, 0.4) is 0 Å². The summed E-state index contributed by atoms with van der Waals surface area (Å²) in [5.74, 6) is 0.900. The number of nitrogens with one attached hydrogen (secondary N) is 2. The Kier molecular flexibility index (Phi) is 6.10. The normalized spacial score (nSPS) is 19.1. The molecule has 0 spiro atoms. The van der Waals surface area contributed by atoms with E-state index < -0.39 is 4.92 Å². The molecule has 0 bridgehead atoms. The quantitative estimate of drug-likeness (QED) is 0.623. The van der Waals surface area contributed by atoms with Crippen LogP contribution in [0, 0.1) is 28.9 Å². The van der Waals surface area contributed by atoms with E-state index in [4.69, 9.17) is 0 Å². The first-order valence-electron chi connectivity index (χ1n) is 8.19. The van der Waals surface area contributed by atoms with Gasteiger partial charge in [0.1, 0.15) is 0 Å². The maximum atomic E-state index is 12.1. The molecule has 1 heterocycles. The Morgan fingerprint density at radius 2 is 2.30 bits per heavy atom. The number of hydrogen-bond acceptors (Lipinski definition) is 4. The molecule has 1 fully saturated rings. The molecule has 2 rings (SSSR count). The fraction of sp³-hybridized carbons (Fsp3) is 0.588. The molecule has 2 unspecified atom stereocenters. The monoisotopic (exact) mass is 319 g/mol. The predicted molar refractivity (Wildman–Crippen MR) is 89.1 cm³/mol. The predicted octanol–water partition coefficient (Wildman–Crippen LogP) is 2.55. The molecule has 1 aromatic carbocycles. The summed E-state index contributed by atoms with van der Waals surface area (Å²) in [6.07, 6.45) is 2.84. The molecule has 0 aliphatic carbocycles. The fourth-order valence-electron chi connectivity index (χ4n) is 3.15. The first-order valence-corrected chi connectivity index (χ1v) is 8.19. The van der Waals surface area contributed by atoms with Gasteiger partial charge in [-0.2, -0.15) is 0 Å². The Morgan fingerprint density at radius 3 is 2.96 bits per heavy atom. The van der Waals surface area contributed by atoms with E-state index in [2.05, 4.69) is 17.6 Å². The lowest BCUT2D eigenvalue weighted by Crippen LogP contribution is -2.35. The zero-order valence-electron chi connectivity index (χ0n) is 13.8. The number of nitro groups is 1. The van der Waals surface area contributed by atoms with Crippen molar-refractivity contribution in [3.05, 3.63) is 39.4 Å². The van der Waals surface area contributed by atoms with Crippen LogP contribution in [0.15, 0.2) is 18.2 Å². The summed E-state index contributed by atoms with van der Waals surface area (Å²) >= 11 is 0. The van der Waals surface area contributed by atoms with Crippen LogP contribution in [0.1, 0.15) is 37.3 Å². The van der Waals surface area contributed by atoms with Crippen LogP contribution in [-0.4, -0.2) is 23.9 Å². The van der Waals surface area contributed by atoms with Gasteiger partial charge in [-0.3, -0.25) is 14.9 Å². The first-order chi connectivity index (χ1) is 11.0. The average Bonchev–Trinajstić information content (AvgIpc) is 2.54. The lowest BCUT2D eigenvalue weighted by atomic mass is 9.85. The van der Waals surface area contributed by atoms with E-state index in [0.717, 1.165) is 18.7 Å². The standard InChI is InChI=1S/C17H25N3O3/c1-12(14-6-4-8-18-10-14)9-17(21)19-11-15-5-3-7-16(13(15)2)20(22)23/h3,5,7,12,14,18H,4,6,8-11H2,1-2H3,(H,19,21). The maximum absolute atomic E-state index is 12.1. The Hall–Kier alpha value is -1.95. The highest BCUT2D eigenvalue weighted by atomic mass is 16.6. The molecule has 0 radical (unpaired) electrons. The Labute approximate surface area is 136 Å². The Bertz CT molecular complexity index is 568. The van der Waals surface area contributed by atoms with Crippen molar-refractivity contribution >= 4 is 11.6 Å². The molecule has 0 saturated carbocycles. The topological polar surface area (TPSA) is 84.3 Å². The van der Waals surface area contributed by atoms with Gasteiger partial charge in [0.15, 0.2) is 0 Å². The lowest BCUT2D eigenvalue weighted by molar-refractivity contribution is -0.385. The molecule has 1 amide bonds. The minimum absolute atomic E-state index is 0.00831. The van der Waals surface area contributed by atoms with Gasteiger partial charge in [-0.15, -0.1) is 0 Å². The second kappa shape index (κ2) is 8.06. The van der Waals surface area contributed by atoms with Crippen molar-refractivity contribution in [2.45, 2.75) is 39.7 Å². The van der Waals surface area contributed by atoms with Gasteiger partial charge >= 0.3 is 0 Å². The molecule has 1 aliphatic heterocycles. The van der Waals surface area contributed by atoms with Crippen molar-refractivity contribution in [1.29, 1.82) is 0 Å². The molecule has 6 heteroatoms. The highest BCUT2D eigenvalue weighted by Crippen LogP contribution is 2.23. The molecular formula is C17H25N3O3. The van der Waals surface area contributed by atoms with Crippen LogP contribution in [0.25, 0.3) is 0 Å². The molecule has 0 aromatic heterocycles. The van der Waals surface area contributed by atoms with E-state index in [1.54, 1.807) is 13.0 Å². The van der Waals surface area contributed by atoms with Crippen LogP contribution in [0.4, 0.5) is 5.69 Å². The smallest absolute Gasteiger partial charge is 0.272 e. The van der Waals surface area contributed by atoms with E-state index in [0.29, 0.717) is 30.4 Å². The molecule has 1 saturated heterocycles. The van der Waals surface area contributed by atoms with Crippen molar-refractivity contribution in [2.24, 2.45) is 11.8 Å². The van der Waals surface area contributed by atoms with Gasteiger partial charge in [0, 0.05) is 24.6 Å². The molecule has 126 valence electrons. The summed E-state index contributed by atoms with van der Waals surface area (Å²) < 4.78 is 0. The summed E-state index contributed by atoms with van der Waals surface area (Å²) in [6.45, 7) is 6.23. The number of piperidine rings is 1. The average molecular weight is 319 g/mol. The van der Waals surface area contributed by atoms with E-state index in [9.17, 15) is 14.9 Å². The van der Waals surface area contributed by atoms with Crippen molar-refractivity contribution in [3.63, 3.8) is 0 Å². The van der Waals surface area contributed by atoms with E-state index in [1.807, 2.05) is 6.07 Å². The molecule has 6 nitrogen and oxygen atoms in total. The zero-order chi connectivity index (χ0) is 16.8. The molecule has 1 aliphatic rings. The third-order valence-electron chi connectivity index (χ3n) is 4.74. The Morgan fingerprint density at radius 1 is 1.52 bits per heavy atom. The third kappa shape index (κ3) is 4.76. The fourth-order valence-corrected chi connectivity index (χ4v) is 3.15. The third-order valence-corrected chi connectivity index (χ3v) is 4.74. The summed E-state index contributed by atoms with van der Waals surface area (Å²) in [5, 5.41) is 17.2. The number of carbonyl (C=O) groups is 1. The molecule has 1 aromatic rings. The van der Waals surface area contributed by atoms with Crippen molar-refractivity contribution < 1.29 is 9.72 Å². The van der Waals surface area contributed by atoms with Gasteiger partial charge in [0.05, 0.1) is 4.92 Å². The summed E-state index contributed by atoms with van der Waals surface area (Å²) in [6, 6.07) is 4.96. The van der Waals surface area contributed by atoms with E-state index >= 15 is 0 Å². The van der Waals surface area contributed by atoms with Crippen LogP contribution in [0.5, 0.6) is 0 Å². The van der Waals surface area contributed by atoms with Gasteiger partial charge in [-0.1, -0.05) is 19.1 Å². The SMILES string of the molecule is Cc1c(CNC(=O)CC(C)C2CCCNC2)cccc1[N+](=O)[O-]. The number of hydrogen-bond donors (Lipinski definition) is 2. The van der Waals surface area contributed by atoms with Gasteiger partial charge in [-0.05, 0) is 50.3 Å². The highest BCUT2D eigenvalue weighted by Gasteiger charge is 2.22. The van der Waals surface area contributed by atoms with Crippen LogP contribution in [-0.2, 0) is 11.3 Å². The van der Waals surface area contributed by atoms with Crippen LogP contribution in [0.2, 0.25) is 0 Å². The minimum atomic E-state index is -0.390. The number of nitro benzene ring substituents is 1. The van der Waals surface area contributed by atoms with Crippen LogP contribution >= 0.6 is 0 Å². The second-order valence-electron chi connectivity index (χ2n) is 6.38. The summed E-state index contributed by atoms with van der Waals surface area (Å²) in [4.78, 5) is 22.7. The Balaban J connectivity index is 1.87. The first kappa shape index (κ1) is 17.4. The largest absolute Gasteiger partial charge is 0.352 e. The number of benzene rings is 1.